The van der Waals surface area contributed by atoms with Crippen molar-refractivity contribution in [3.8, 4) is 17.4 Å². The number of benzene rings is 2. The van der Waals surface area contributed by atoms with Gasteiger partial charge in [-0.05, 0) is 50.7 Å². The van der Waals surface area contributed by atoms with Crippen LogP contribution >= 0.6 is 0 Å². The first-order valence-corrected chi connectivity index (χ1v) is 8.55. The van der Waals surface area contributed by atoms with Crippen LogP contribution in [0.3, 0.4) is 0 Å². The summed E-state index contributed by atoms with van der Waals surface area (Å²) in [6.45, 7) is 4.80. The Hall–Kier alpha value is -4.08. The zero-order valence-electron chi connectivity index (χ0n) is 14.9. The molecular weight excluding hydrogens is 358 g/mol. The number of allylic oxidation sites excluding steroid dienone is 1. The number of hydrogen-bond donors (Lipinski definition) is 1. The molecule has 0 spiro atoms. The fraction of sp³-hybridized carbons (Fsp3) is 0.111. The first-order chi connectivity index (χ1) is 13.8. The van der Waals surface area contributed by atoms with E-state index < -0.39 is 0 Å². The number of para-hydroxylation sites is 1. The van der Waals surface area contributed by atoms with E-state index in [2.05, 4.69) is 42.9 Å². The lowest BCUT2D eigenvalue weighted by molar-refractivity contribution is 0.427. The second-order valence-electron chi connectivity index (χ2n) is 5.78. The maximum atomic E-state index is 5.82. The third-order valence-corrected chi connectivity index (χ3v) is 3.86. The van der Waals surface area contributed by atoms with Gasteiger partial charge in [-0.1, -0.05) is 46.6 Å². The van der Waals surface area contributed by atoms with Crippen molar-refractivity contribution in [2.75, 3.05) is 5.32 Å². The first-order valence-electron chi connectivity index (χ1n) is 8.55. The van der Waals surface area contributed by atoms with Gasteiger partial charge in [-0.15, -0.1) is 6.58 Å². The smallest absolute Gasteiger partial charge is 0.345 e. The van der Waals surface area contributed by atoms with Crippen LogP contribution in [0, 0.1) is 0 Å². The average molecular weight is 375 g/mol. The molecule has 0 saturated heterocycles. The Bertz CT molecular complexity index is 1040. The largest absolute Gasteiger partial charge is 0.423 e. The third-order valence-electron chi connectivity index (χ3n) is 3.86. The monoisotopic (exact) mass is 375 g/mol. The lowest BCUT2D eigenvalue weighted by atomic mass is 10.2. The number of hydrogen-bond acceptors (Lipinski definition) is 8. The van der Waals surface area contributed by atoms with Crippen molar-refractivity contribution in [1.82, 2.24) is 40.4 Å². The van der Waals surface area contributed by atoms with E-state index in [-0.39, 0.29) is 0 Å². The van der Waals surface area contributed by atoms with Crippen molar-refractivity contribution in [2.45, 2.75) is 13.1 Å². The molecule has 0 aliphatic heterocycles. The summed E-state index contributed by atoms with van der Waals surface area (Å²) in [6, 6.07) is 17.4. The van der Waals surface area contributed by atoms with Crippen LogP contribution in [0.2, 0.25) is 0 Å². The molecule has 10 heteroatoms. The van der Waals surface area contributed by atoms with Crippen LogP contribution in [0.25, 0.3) is 5.69 Å². The van der Waals surface area contributed by atoms with E-state index in [1.807, 2.05) is 54.6 Å². The van der Waals surface area contributed by atoms with Crippen LogP contribution in [0.15, 0.2) is 67.3 Å². The summed E-state index contributed by atoms with van der Waals surface area (Å²) in [6.07, 6.45) is 1.73. The molecular formula is C18H17N9O. The van der Waals surface area contributed by atoms with Crippen LogP contribution in [0.5, 0.6) is 11.8 Å². The van der Waals surface area contributed by atoms with E-state index in [4.69, 9.17) is 4.74 Å². The molecule has 2 heterocycles. The second kappa shape index (κ2) is 8.08. The lowest BCUT2D eigenvalue weighted by Crippen LogP contribution is -2.08. The molecule has 4 aromatic rings. The number of nitrogens with zero attached hydrogens (tertiary/aromatic N) is 8. The predicted molar refractivity (Wildman–Crippen MR) is 101 cm³/mol. The molecule has 1 N–H and O–H groups in total. The van der Waals surface area contributed by atoms with Crippen molar-refractivity contribution in [3.63, 3.8) is 0 Å². The summed E-state index contributed by atoms with van der Waals surface area (Å²) in [5.41, 5.74) is 1.86. The fourth-order valence-corrected chi connectivity index (χ4v) is 2.51. The molecule has 0 aliphatic rings. The molecule has 4 rings (SSSR count). The molecule has 0 radical (unpaired) electrons. The van der Waals surface area contributed by atoms with Crippen LogP contribution in [-0.2, 0) is 13.1 Å². The topological polar surface area (TPSA) is 108 Å². The first kappa shape index (κ1) is 17.3. The second-order valence-corrected chi connectivity index (χ2v) is 5.78. The van der Waals surface area contributed by atoms with E-state index in [1.165, 1.54) is 4.68 Å². The number of rotatable bonds is 8. The normalized spacial score (nSPS) is 10.6. The summed E-state index contributed by atoms with van der Waals surface area (Å²) < 4.78 is 8.99. The molecule has 28 heavy (non-hydrogen) atoms. The highest BCUT2D eigenvalue weighted by Gasteiger charge is 2.10. The molecule has 0 amide bonds. The van der Waals surface area contributed by atoms with Crippen molar-refractivity contribution < 1.29 is 4.74 Å². The van der Waals surface area contributed by atoms with Crippen molar-refractivity contribution in [3.05, 3.63) is 72.8 Å². The zero-order chi connectivity index (χ0) is 19.2. The Labute approximate surface area is 160 Å². The Morgan fingerprint density at radius 3 is 2.54 bits per heavy atom. The van der Waals surface area contributed by atoms with E-state index in [9.17, 15) is 0 Å². The Kier molecular flexibility index (Phi) is 5.00. The van der Waals surface area contributed by atoms with Gasteiger partial charge in [0.2, 0.25) is 5.95 Å². The zero-order valence-corrected chi connectivity index (χ0v) is 14.9. The van der Waals surface area contributed by atoms with Gasteiger partial charge in [-0.3, -0.25) is 0 Å². The van der Waals surface area contributed by atoms with Gasteiger partial charge in [0.05, 0.1) is 12.2 Å². The highest BCUT2D eigenvalue weighted by atomic mass is 16.5. The highest BCUT2D eigenvalue weighted by Crippen LogP contribution is 2.21. The molecule has 0 saturated carbocycles. The molecule has 0 atom stereocenters. The van der Waals surface area contributed by atoms with Crippen LogP contribution in [0.1, 0.15) is 5.56 Å². The molecule has 0 aliphatic carbocycles. The van der Waals surface area contributed by atoms with Gasteiger partial charge in [0.25, 0.3) is 0 Å². The number of ether oxygens (including phenoxy) is 1. The number of nitrogens with one attached hydrogen (secondary N) is 1. The van der Waals surface area contributed by atoms with Crippen molar-refractivity contribution in [1.29, 1.82) is 0 Å². The van der Waals surface area contributed by atoms with Crippen molar-refractivity contribution in [2.24, 2.45) is 0 Å². The summed E-state index contributed by atoms with van der Waals surface area (Å²) in [5.74, 6) is 1.22. The van der Waals surface area contributed by atoms with E-state index in [1.54, 1.807) is 10.8 Å². The number of tetrazole rings is 2. The number of aromatic nitrogens is 8. The minimum absolute atomic E-state index is 0.292. The summed E-state index contributed by atoms with van der Waals surface area (Å²) in [7, 11) is 0. The van der Waals surface area contributed by atoms with Gasteiger partial charge in [0, 0.05) is 6.54 Å². The molecule has 2 aromatic carbocycles. The SMILES string of the molecule is C=CCn1nnnc1NCc1ccc(Oc2nnnn2-c2ccccc2)cc1. The quantitative estimate of drug-likeness (QED) is 0.467. The highest BCUT2D eigenvalue weighted by molar-refractivity contribution is 5.35. The summed E-state index contributed by atoms with van der Waals surface area (Å²) >= 11 is 0. The molecule has 0 fully saturated rings. The summed E-state index contributed by atoms with van der Waals surface area (Å²) in [4.78, 5) is 0. The van der Waals surface area contributed by atoms with Crippen molar-refractivity contribution >= 4 is 5.95 Å². The van der Waals surface area contributed by atoms with Gasteiger partial charge >= 0.3 is 6.01 Å². The molecule has 0 bridgehead atoms. The van der Waals surface area contributed by atoms with E-state index >= 15 is 0 Å². The van der Waals surface area contributed by atoms with E-state index in [0.717, 1.165) is 11.3 Å². The van der Waals surface area contributed by atoms with Gasteiger partial charge in [0.15, 0.2) is 0 Å². The lowest BCUT2D eigenvalue weighted by Gasteiger charge is -2.08. The molecule has 0 unspecified atom stereocenters. The Morgan fingerprint density at radius 2 is 1.75 bits per heavy atom. The van der Waals surface area contributed by atoms with Crippen LogP contribution in [-0.4, -0.2) is 40.4 Å². The molecule has 2 aromatic heterocycles. The Morgan fingerprint density at radius 1 is 0.964 bits per heavy atom. The van der Waals surface area contributed by atoms with Crippen LogP contribution in [0.4, 0.5) is 5.95 Å². The van der Waals surface area contributed by atoms with Gasteiger partial charge in [-0.2, -0.15) is 4.68 Å². The van der Waals surface area contributed by atoms with Gasteiger partial charge in [-0.25, -0.2) is 4.68 Å². The number of anilines is 1. The summed E-state index contributed by atoms with van der Waals surface area (Å²) in [5, 5.41) is 26.3. The molecule has 10 nitrogen and oxygen atoms in total. The van der Waals surface area contributed by atoms with E-state index in [0.29, 0.717) is 30.8 Å². The maximum Gasteiger partial charge on any atom is 0.345 e. The average Bonchev–Trinajstić information content (AvgIpc) is 3.38. The fourth-order valence-electron chi connectivity index (χ4n) is 2.51. The molecule has 140 valence electrons. The standard InChI is InChI=1S/C18H17N9O/c1-2-12-26-17(20-22-24-26)19-13-14-8-10-16(11-9-14)28-18-21-23-25-27(18)15-6-4-3-5-7-15/h2-11H,1,12-13H2,(H,19,20,24). The predicted octanol–water partition coefficient (Wildman–Crippen LogP) is 2.24. The van der Waals surface area contributed by atoms with Gasteiger partial charge < -0.3 is 10.1 Å². The minimum atomic E-state index is 0.292. The maximum absolute atomic E-state index is 5.82. The van der Waals surface area contributed by atoms with Crippen LogP contribution < -0.4 is 10.1 Å². The van der Waals surface area contributed by atoms with Gasteiger partial charge in [0.1, 0.15) is 5.75 Å². The Balaban J connectivity index is 1.41. The third kappa shape index (κ3) is 3.85. The minimum Gasteiger partial charge on any atom is -0.423 e.